The molecular weight excluding hydrogens is 220 g/mol. The Morgan fingerprint density at radius 1 is 1.17 bits per heavy atom. The molecule has 0 aromatic heterocycles. The van der Waals surface area contributed by atoms with Gasteiger partial charge in [-0.3, -0.25) is 4.90 Å². The summed E-state index contributed by atoms with van der Waals surface area (Å²) in [5.74, 6) is 1.05. The Morgan fingerprint density at radius 3 is 2.56 bits per heavy atom. The molecule has 1 N–H and O–H groups in total. The third-order valence-corrected chi connectivity index (χ3v) is 4.39. The molecular formula is C16H32N2. The molecule has 0 bridgehead atoms. The maximum Gasteiger partial charge on any atom is 0.0110 e. The van der Waals surface area contributed by atoms with Gasteiger partial charge in [-0.05, 0) is 44.9 Å². The second-order valence-electron chi connectivity index (χ2n) is 6.52. The number of rotatable bonds is 11. The lowest BCUT2D eigenvalue weighted by Crippen LogP contribution is -2.38. The molecule has 2 aliphatic carbocycles. The topological polar surface area (TPSA) is 15.3 Å². The Labute approximate surface area is 114 Å². The van der Waals surface area contributed by atoms with Gasteiger partial charge in [0.25, 0.3) is 0 Å². The maximum atomic E-state index is 3.71. The molecule has 2 nitrogen and oxygen atoms in total. The predicted molar refractivity (Wildman–Crippen MR) is 78.9 cm³/mol. The van der Waals surface area contributed by atoms with Crippen LogP contribution >= 0.6 is 0 Å². The molecule has 2 heteroatoms. The van der Waals surface area contributed by atoms with Crippen molar-refractivity contribution in [3.05, 3.63) is 0 Å². The largest absolute Gasteiger partial charge is 0.313 e. The van der Waals surface area contributed by atoms with E-state index in [1.165, 1.54) is 71.0 Å². The predicted octanol–water partition coefficient (Wildman–Crippen LogP) is 3.42. The van der Waals surface area contributed by atoms with Gasteiger partial charge in [0, 0.05) is 31.7 Å². The Hall–Kier alpha value is -0.0800. The summed E-state index contributed by atoms with van der Waals surface area (Å²) < 4.78 is 0. The van der Waals surface area contributed by atoms with Gasteiger partial charge in [0.2, 0.25) is 0 Å². The van der Waals surface area contributed by atoms with Crippen molar-refractivity contribution < 1.29 is 0 Å². The monoisotopic (exact) mass is 252 g/mol. The first-order chi connectivity index (χ1) is 8.79. The molecule has 2 saturated carbocycles. The molecule has 2 fully saturated rings. The first kappa shape index (κ1) is 14.3. The zero-order valence-electron chi connectivity index (χ0n) is 12.5. The summed E-state index contributed by atoms with van der Waals surface area (Å²) in [7, 11) is 0. The molecule has 1 unspecified atom stereocenters. The number of nitrogens with one attached hydrogen (secondary N) is 1. The highest BCUT2D eigenvalue weighted by molar-refractivity contribution is 4.88. The van der Waals surface area contributed by atoms with Crippen LogP contribution in [0.4, 0.5) is 0 Å². The molecule has 0 aromatic rings. The molecule has 0 spiro atoms. The van der Waals surface area contributed by atoms with Crippen LogP contribution in [0.2, 0.25) is 0 Å². The number of hydrogen-bond acceptors (Lipinski definition) is 2. The number of nitrogens with zero attached hydrogens (tertiary/aromatic N) is 1. The Kier molecular flexibility index (Phi) is 5.97. The van der Waals surface area contributed by atoms with E-state index in [4.69, 9.17) is 0 Å². The Morgan fingerprint density at radius 2 is 1.94 bits per heavy atom. The van der Waals surface area contributed by atoms with E-state index < -0.39 is 0 Å². The lowest BCUT2D eigenvalue weighted by Gasteiger charge is -2.23. The van der Waals surface area contributed by atoms with Crippen LogP contribution in [0.5, 0.6) is 0 Å². The van der Waals surface area contributed by atoms with Gasteiger partial charge in [0.15, 0.2) is 0 Å². The first-order valence-corrected chi connectivity index (χ1v) is 8.27. The zero-order chi connectivity index (χ0) is 12.8. The highest BCUT2D eigenvalue weighted by Crippen LogP contribution is 2.34. The average Bonchev–Trinajstić information content (AvgIpc) is 3.21. The minimum Gasteiger partial charge on any atom is -0.313 e. The summed E-state index contributed by atoms with van der Waals surface area (Å²) in [4.78, 5) is 2.75. The summed E-state index contributed by atoms with van der Waals surface area (Å²) in [6.45, 7) is 8.48. The third-order valence-electron chi connectivity index (χ3n) is 4.39. The van der Waals surface area contributed by atoms with E-state index in [1.807, 2.05) is 0 Å². The fraction of sp³-hybridized carbons (Fsp3) is 1.00. The van der Waals surface area contributed by atoms with Gasteiger partial charge in [0.05, 0.1) is 0 Å². The fourth-order valence-corrected chi connectivity index (χ4v) is 2.75. The van der Waals surface area contributed by atoms with Crippen molar-refractivity contribution in [1.82, 2.24) is 10.2 Å². The lowest BCUT2D eigenvalue weighted by atomic mass is 10.1. The van der Waals surface area contributed by atoms with Gasteiger partial charge >= 0.3 is 0 Å². The number of hydrogen-bond donors (Lipinski definition) is 1. The van der Waals surface area contributed by atoms with E-state index in [2.05, 4.69) is 24.1 Å². The molecule has 0 aliphatic heterocycles. The van der Waals surface area contributed by atoms with Gasteiger partial charge in [0.1, 0.15) is 0 Å². The van der Waals surface area contributed by atoms with Crippen LogP contribution in [-0.4, -0.2) is 36.6 Å². The van der Waals surface area contributed by atoms with Crippen molar-refractivity contribution in [2.45, 2.75) is 77.3 Å². The van der Waals surface area contributed by atoms with E-state index in [0.29, 0.717) is 6.04 Å². The molecule has 0 saturated heterocycles. The van der Waals surface area contributed by atoms with Crippen molar-refractivity contribution in [2.24, 2.45) is 5.92 Å². The highest BCUT2D eigenvalue weighted by atomic mass is 15.2. The second-order valence-corrected chi connectivity index (χ2v) is 6.52. The van der Waals surface area contributed by atoms with E-state index in [0.717, 1.165) is 12.0 Å². The molecule has 1 atom stereocenters. The molecule has 2 aliphatic rings. The van der Waals surface area contributed by atoms with Gasteiger partial charge < -0.3 is 5.32 Å². The second kappa shape index (κ2) is 7.49. The minimum absolute atomic E-state index is 0.707. The van der Waals surface area contributed by atoms with Crippen LogP contribution in [0.25, 0.3) is 0 Å². The van der Waals surface area contributed by atoms with Gasteiger partial charge in [-0.1, -0.05) is 26.2 Å². The Bertz CT molecular complexity index is 221. The summed E-state index contributed by atoms with van der Waals surface area (Å²) in [6, 6.07) is 1.65. The molecule has 18 heavy (non-hydrogen) atoms. The van der Waals surface area contributed by atoms with Gasteiger partial charge in [-0.15, -0.1) is 0 Å². The smallest absolute Gasteiger partial charge is 0.0110 e. The van der Waals surface area contributed by atoms with Gasteiger partial charge in [-0.2, -0.15) is 0 Å². The van der Waals surface area contributed by atoms with Crippen molar-refractivity contribution in [3.63, 3.8) is 0 Å². The standard InChI is InChI=1S/C16H32N2/c1-3-4-5-6-14(2)17-11-12-18(16-9-10-16)13-15-7-8-15/h14-17H,3-13H2,1-2H3. The van der Waals surface area contributed by atoms with E-state index in [-0.39, 0.29) is 0 Å². The molecule has 0 aromatic carbocycles. The van der Waals surface area contributed by atoms with E-state index >= 15 is 0 Å². The van der Waals surface area contributed by atoms with Crippen LogP contribution in [0.3, 0.4) is 0 Å². The van der Waals surface area contributed by atoms with E-state index in [9.17, 15) is 0 Å². The van der Waals surface area contributed by atoms with Crippen molar-refractivity contribution in [3.8, 4) is 0 Å². The summed E-state index contributed by atoms with van der Waals surface area (Å²) >= 11 is 0. The highest BCUT2D eigenvalue weighted by Gasteiger charge is 2.33. The van der Waals surface area contributed by atoms with Crippen molar-refractivity contribution in [1.29, 1.82) is 0 Å². The molecule has 0 heterocycles. The fourth-order valence-electron chi connectivity index (χ4n) is 2.75. The molecule has 106 valence electrons. The summed E-state index contributed by atoms with van der Waals surface area (Å²) in [6.07, 6.45) is 11.4. The van der Waals surface area contributed by atoms with Crippen LogP contribution in [-0.2, 0) is 0 Å². The normalized spacial score (nSPS) is 21.5. The average molecular weight is 252 g/mol. The minimum atomic E-state index is 0.707. The molecule has 2 rings (SSSR count). The summed E-state index contributed by atoms with van der Waals surface area (Å²) in [5, 5.41) is 3.71. The van der Waals surface area contributed by atoms with Crippen molar-refractivity contribution in [2.75, 3.05) is 19.6 Å². The zero-order valence-corrected chi connectivity index (χ0v) is 12.5. The van der Waals surface area contributed by atoms with Crippen molar-refractivity contribution >= 4 is 0 Å². The SMILES string of the molecule is CCCCCC(C)NCCN(CC1CC1)C1CC1. The third kappa shape index (κ3) is 5.71. The summed E-state index contributed by atoms with van der Waals surface area (Å²) in [5.41, 5.74) is 0. The maximum absolute atomic E-state index is 3.71. The van der Waals surface area contributed by atoms with Crippen LogP contribution < -0.4 is 5.32 Å². The molecule has 0 radical (unpaired) electrons. The van der Waals surface area contributed by atoms with Crippen LogP contribution in [0.15, 0.2) is 0 Å². The van der Waals surface area contributed by atoms with Crippen LogP contribution in [0.1, 0.15) is 65.2 Å². The quantitative estimate of drug-likeness (QED) is 0.567. The first-order valence-electron chi connectivity index (χ1n) is 8.27. The van der Waals surface area contributed by atoms with E-state index in [1.54, 1.807) is 0 Å². The Balaban J connectivity index is 1.51. The number of unbranched alkanes of at least 4 members (excludes halogenated alkanes) is 2. The van der Waals surface area contributed by atoms with Crippen LogP contribution in [0, 0.1) is 5.92 Å². The van der Waals surface area contributed by atoms with Gasteiger partial charge in [-0.25, -0.2) is 0 Å². The molecule has 0 amide bonds. The lowest BCUT2D eigenvalue weighted by molar-refractivity contribution is 0.248.